The average molecular weight is 492 g/mol. The Balaban J connectivity index is 3.44. The number of aliphatic hydroxyl groups excluding tert-OH is 2. The molecule has 0 heterocycles. The molecule has 194 valence electrons. The summed E-state index contributed by atoms with van der Waals surface area (Å²) in [5.74, 6) is -1.12. The van der Waals surface area contributed by atoms with Crippen molar-refractivity contribution >= 4 is 17.4 Å². The molecule has 7 nitrogen and oxygen atoms in total. The van der Waals surface area contributed by atoms with E-state index in [1.165, 1.54) is 11.8 Å². The van der Waals surface area contributed by atoms with Crippen LogP contribution >= 0.6 is 0 Å². The number of amides is 1. The van der Waals surface area contributed by atoms with E-state index >= 15 is 0 Å². The monoisotopic (exact) mass is 491 g/mol. The summed E-state index contributed by atoms with van der Waals surface area (Å²) in [7, 11) is 1.55. The van der Waals surface area contributed by atoms with Gasteiger partial charge in [-0.05, 0) is 57.7 Å². The summed E-state index contributed by atoms with van der Waals surface area (Å²) < 4.78 is 51.2. The van der Waals surface area contributed by atoms with Gasteiger partial charge in [0.05, 0.1) is 30.8 Å². The van der Waals surface area contributed by atoms with Crippen molar-refractivity contribution in [1.82, 2.24) is 0 Å². The summed E-state index contributed by atoms with van der Waals surface area (Å²) in [6.45, 7) is 5.95. The highest BCUT2D eigenvalue weighted by molar-refractivity contribution is 6.01. The SMILES string of the molecule is CCC(C)(COCC(O)CO)C(=O)N(CCCCOC)c1cc(C(C)=O)c(C(F)(F)F)cc1C. The Morgan fingerprint density at radius 3 is 2.35 bits per heavy atom. The molecule has 1 rings (SSSR count). The lowest BCUT2D eigenvalue weighted by Crippen LogP contribution is -2.46. The predicted octanol–water partition coefficient (Wildman–Crippen LogP) is 3.76. The van der Waals surface area contributed by atoms with Crippen LogP contribution in [0.4, 0.5) is 18.9 Å². The minimum Gasteiger partial charge on any atom is -0.394 e. The van der Waals surface area contributed by atoms with Gasteiger partial charge in [-0.3, -0.25) is 9.59 Å². The van der Waals surface area contributed by atoms with E-state index < -0.39 is 41.2 Å². The number of methoxy groups -OCH3 is 1. The zero-order chi connectivity index (χ0) is 26.1. The van der Waals surface area contributed by atoms with Gasteiger partial charge in [0.2, 0.25) is 5.91 Å². The second-order valence-electron chi connectivity index (χ2n) is 8.66. The smallest absolute Gasteiger partial charge is 0.394 e. The first-order valence-electron chi connectivity index (χ1n) is 11.2. The summed E-state index contributed by atoms with van der Waals surface area (Å²) >= 11 is 0. The molecule has 2 atom stereocenters. The molecule has 1 amide bonds. The second-order valence-corrected chi connectivity index (χ2v) is 8.66. The lowest BCUT2D eigenvalue weighted by atomic mass is 9.86. The Hall–Kier alpha value is -2.01. The van der Waals surface area contributed by atoms with E-state index in [0.29, 0.717) is 25.9 Å². The maximum Gasteiger partial charge on any atom is 0.417 e. The van der Waals surface area contributed by atoms with Crippen molar-refractivity contribution in [3.05, 3.63) is 28.8 Å². The van der Waals surface area contributed by atoms with Gasteiger partial charge in [0, 0.05) is 31.5 Å². The summed E-state index contributed by atoms with van der Waals surface area (Å²) in [5.41, 5.74) is -2.14. The maximum atomic E-state index is 13.7. The number of halogens is 3. The molecule has 1 aromatic rings. The van der Waals surface area contributed by atoms with Crippen molar-refractivity contribution in [2.24, 2.45) is 5.41 Å². The van der Waals surface area contributed by atoms with E-state index in [4.69, 9.17) is 14.6 Å². The van der Waals surface area contributed by atoms with Crippen LogP contribution in [-0.2, 0) is 20.4 Å². The number of aryl methyl sites for hydroxylation is 1. The summed E-state index contributed by atoms with van der Waals surface area (Å²) in [6, 6.07) is 2.04. The second kappa shape index (κ2) is 13.2. The Kier molecular flexibility index (Phi) is 11.6. The van der Waals surface area contributed by atoms with Gasteiger partial charge in [0.25, 0.3) is 0 Å². The van der Waals surface area contributed by atoms with Gasteiger partial charge < -0.3 is 24.6 Å². The van der Waals surface area contributed by atoms with Gasteiger partial charge in [-0.1, -0.05) is 6.92 Å². The van der Waals surface area contributed by atoms with Crippen LogP contribution in [0.1, 0.15) is 61.5 Å². The van der Waals surface area contributed by atoms with Gasteiger partial charge in [0.15, 0.2) is 5.78 Å². The number of nitrogens with zero attached hydrogens (tertiary/aromatic N) is 1. The number of unbranched alkanes of at least 4 members (excludes halogenated alkanes) is 1. The Bertz CT molecular complexity index is 830. The van der Waals surface area contributed by atoms with E-state index in [9.17, 15) is 27.9 Å². The van der Waals surface area contributed by atoms with E-state index in [0.717, 1.165) is 19.1 Å². The number of anilines is 1. The van der Waals surface area contributed by atoms with Crippen molar-refractivity contribution in [1.29, 1.82) is 0 Å². The van der Waals surface area contributed by atoms with Crippen molar-refractivity contribution < 1.29 is 42.4 Å². The number of hydrogen-bond acceptors (Lipinski definition) is 6. The normalized spacial score (nSPS) is 14.5. The van der Waals surface area contributed by atoms with Crippen LogP contribution in [0.15, 0.2) is 12.1 Å². The van der Waals surface area contributed by atoms with Crippen LogP contribution in [0.2, 0.25) is 0 Å². The number of ketones is 1. The van der Waals surface area contributed by atoms with E-state index in [2.05, 4.69) is 0 Å². The molecule has 10 heteroatoms. The first-order valence-corrected chi connectivity index (χ1v) is 11.2. The number of rotatable bonds is 14. The Labute approximate surface area is 198 Å². The van der Waals surface area contributed by atoms with E-state index in [-0.39, 0.29) is 36.9 Å². The fourth-order valence-electron chi connectivity index (χ4n) is 3.47. The fraction of sp³-hybridized carbons (Fsp3) is 0.667. The number of hydrogen-bond donors (Lipinski definition) is 2. The minimum atomic E-state index is -4.71. The largest absolute Gasteiger partial charge is 0.417 e. The highest BCUT2D eigenvalue weighted by Crippen LogP contribution is 2.38. The van der Waals surface area contributed by atoms with Crippen LogP contribution in [0.3, 0.4) is 0 Å². The van der Waals surface area contributed by atoms with Crippen molar-refractivity contribution in [2.75, 3.05) is 45.0 Å². The third-order valence-electron chi connectivity index (χ3n) is 5.78. The third kappa shape index (κ3) is 8.04. The third-order valence-corrected chi connectivity index (χ3v) is 5.78. The molecule has 0 spiro atoms. The summed E-state index contributed by atoms with van der Waals surface area (Å²) in [6.07, 6.45) is -4.29. The lowest BCUT2D eigenvalue weighted by Gasteiger charge is -2.35. The van der Waals surface area contributed by atoms with Gasteiger partial charge in [0.1, 0.15) is 6.10 Å². The fourth-order valence-corrected chi connectivity index (χ4v) is 3.47. The molecule has 1 aromatic carbocycles. The quantitative estimate of drug-likeness (QED) is 0.304. The highest BCUT2D eigenvalue weighted by atomic mass is 19.4. The average Bonchev–Trinajstić information content (AvgIpc) is 2.77. The molecule has 2 N–H and O–H groups in total. The molecule has 34 heavy (non-hydrogen) atoms. The van der Waals surface area contributed by atoms with Gasteiger partial charge in [-0.2, -0.15) is 13.2 Å². The minimum absolute atomic E-state index is 0.0623. The lowest BCUT2D eigenvalue weighted by molar-refractivity contribution is -0.138. The zero-order valence-corrected chi connectivity index (χ0v) is 20.5. The Morgan fingerprint density at radius 2 is 1.85 bits per heavy atom. The number of aliphatic hydroxyl groups is 2. The van der Waals surface area contributed by atoms with Gasteiger partial charge in [-0.15, -0.1) is 0 Å². The first-order chi connectivity index (χ1) is 15.8. The molecule has 0 aliphatic carbocycles. The van der Waals surface area contributed by atoms with E-state index in [1.54, 1.807) is 21.0 Å². The van der Waals surface area contributed by atoms with Crippen LogP contribution in [0.5, 0.6) is 0 Å². The number of ether oxygens (including phenoxy) is 2. The van der Waals surface area contributed by atoms with Crippen LogP contribution in [-0.4, -0.2) is 68.1 Å². The maximum absolute atomic E-state index is 13.7. The molecule has 0 fully saturated rings. The number of Topliss-reactive ketones (excluding diaryl/α,β-unsaturated/α-hetero) is 1. The van der Waals surface area contributed by atoms with Crippen LogP contribution in [0.25, 0.3) is 0 Å². The standard InChI is InChI=1S/C24H36F3NO6/c1-6-23(4,15-34-14-18(31)13-29)22(32)28(9-7-8-10-33-5)21-12-19(17(3)30)20(11-16(21)2)24(25,26)27/h11-12,18,29,31H,6-10,13-15H2,1-5H3. The Morgan fingerprint density at radius 1 is 1.21 bits per heavy atom. The van der Waals surface area contributed by atoms with E-state index in [1.807, 2.05) is 0 Å². The van der Waals surface area contributed by atoms with Crippen LogP contribution in [0, 0.1) is 12.3 Å². The molecular weight excluding hydrogens is 455 g/mol. The molecule has 0 saturated carbocycles. The summed E-state index contributed by atoms with van der Waals surface area (Å²) in [4.78, 5) is 27.2. The molecular formula is C24H36F3NO6. The highest BCUT2D eigenvalue weighted by Gasteiger charge is 2.39. The molecule has 0 aromatic heterocycles. The zero-order valence-electron chi connectivity index (χ0n) is 20.5. The number of carbonyl (C=O) groups is 2. The molecule has 0 aliphatic heterocycles. The van der Waals surface area contributed by atoms with Gasteiger partial charge >= 0.3 is 6.18 Å². The molecule has 0 aliphatic rings. The molecule has 0 bridgehead atoms. The predicted molar refractivity (Wildman–Crippen MR) is 122 cm³/mol. The van der Waals surface area contributed by atoms with Gasteiger partial charge in [-0.25, -0.2) is 0 Å². The summed E-state index contributed by atoms with van der Waals surface area (Å²) in [5, 5.41) is 18.5. The first kappa shape index (κ1) is 30.0. The number of carbonyl (C=O) groups excluding carboxylic acids is 2. The van der Waals surface area contributed by atoms with Crippen LogP contribution < -0.4 is 4.90 Å². The molecule has 2 unspecified atom stereocenters. The van der Waals surface area contributed by atoms with Crippen molar-refractivity contribution in [3.63, 3.8) is 0 Å². The molecule has 0 saturated heterocycles. The number of benzene rings is 1. The number of alkyl halides is 3. The van der Waals surface area contributed by atoms with Crippen molar-refractivity contribution in [2.45, 2.75) is 59.2 Å². The van der Waals surface area contributed by atoms with Crippen molar-refractivity contribution in [3.8, 4) is 0 Å². The molecule has 0 radical (unpaired) electrons. The topological polar surface area (TPSA) is 96.3 Å².